The van der Waals surface area contributed by atoms with Crippen LogP contribution in [0.15, 0.2) is 11.6 Å². The molecule has 0 aliphatic rings. The molecule has 0 radical (unpaired) electrons. The van der Waals surface area contributed by atoms with Crippen molar-refractivity contribution in [2.75, 3.05) is 7.11 Å². The Hall–Kier alpha value is -0.790. The van der Waals surface area contributed by atoms with Crippen molar-refractivity contribution < 1.29 is 9.53 Å². The first-order valence-corrected chi connectivity index (χ1v) is 4.20. The molecule has 12 heavy (non-hydrogen) atoms. The van der Waals surface area contributed by atoms with Crippen LogP contribution in [0.4, 0.5) is 0 Å². The first-order chi connectivity index (χ1) is 5.44. The van der Waals surface area contributed by atoms with Crippen LogP contribution in [0.2, 0.25) is 0 Å². The van der Waals surface area contributed by atoms with Gasteiger partial charge in [0, 0.05) is 0 Å². The van der Waals surface area contributed by atoms with Crippen molar-refractivity contribution in [1.82, 2.24) is 0 Å². The Labute approximate surface area is 74.6 Å². The van der Waals surface area contributed by atoms with Gasteiger partial charge in [0.25, 0.3) is 0 Å². The number of hydrogen-bond acceptors (Lipinski definition) is 2. The number of rotatable bonds is 3. The third kappa shape index (κ3) is 3.07. The van der Waals surface area contributed by atoms with E-state index in [1.54, 1.807) is 0 Å². The van der Waals surface area contributed by atoms with Crippen molar-refractivity contribution in [3.63, 3.8) is 0 Å². The molecule has 70 valence electrons. The normalized spacial score (nSPS) is 12.9. The fraction of sp³-hybridized carbons (Fsp3) is 0.700. The predicted octanol–water partition coefficient (Wildman–Crippen LogP) is 2.54. The third-order valence-electron chi connectivity index (χ3n) is 1.88. The summed E-state index contributed by atoms with van der Waals surface area (Å²) in [6.45, 7) is 7.81. The highest BCUT2D eigenvalue weighted by atomic mass is 16.5. The van der Waals surface area contributed by atoms with E-state index in [1.807, 2.05) is 26.8 Å². The minimum atomic E-state index is -0.491. The molecule has 0 unspecified atom stereocenters. The highest BCUT2D eigenvalue weighted by Crippen LogP contribution is 2.21. The Morgan fingerprint density at radius 2 is 2.00 bits per heavy atom. The number of esters is 1. The lowest BCUT2D eigenvalue weighted by Gasteiger charge is -2.17. The molecular formula is C10H18O2. The van der Waals surface area contributed by atoms with Crippen LogP contribution in [0, 0.1) is 5.41 Å². The maximum absolute atomic E-state index is 11.2. The van der Waals surface area contributed by atoms with Crippen molar-refractivity contribution >= 4 is 5.97 Å². The Kier molecular flexibility index (Phi) is 4.01. The van der Waals surface area contributed by atoms with Gasteiger partial charge in [-0.05, 0) is 27.2 Å². The molecule has 0 saturated carbocycles. The Balaban J connectivity index is 4.51. The van der Waals surface area contributed by atoms with E-state index in [-0.39, 0.29) is 5.97 Å². The molecule has 0 aliphatic carbocycles. The Bertz CT molecular complexity index is 190. The first-order valence-electron chi connectivity index (χ1n) is 4.20. The lowest BCUT2D eigenvalue weighted by atomic mass is 9.90. The van der Waals surface area contributed by atoms with Gasteiger partial charge in [-0.25, -0.2) is 0 Å². The molecule has 0 aliphatic heterocycles. The van der Waals surface area contributed by atoms with Gasteiger partial charge in [0.1, 0.15) is 0 Å². The lowest BCUT2D eigenvalue weighted by Crippen LogP contribution is -2.23. The molecule has 0 amide bonds. The maximum Gasteiger partial charge on any atom is 0.315 e. The average Bonchev–Trinajstić information content (AvgIpc) is 2.02. The monoisotopic (exact) mass is 170 g/mol. The van der Waals surface area contributed by atoms with Crippen molar-refractivity contribution in [3.8, 4) is 0 Å². The molecule has 0 spiro atoms. The molecule has 0 atom stereocenters. The van der Waals surface area contributed by atoms with E-state index in [4.69, 9.17) is 0 Å². The van der Waals surface area contributed by atoms with E-state index in [1.165, 1.54) is 12.7 Å². The van der Waals surface area contributed by atoms with E-state index in [0.717, 1.165) is 6.42 Å². The quantitative estimate of drug-likeness (QED) is 0.480. The van der Waals surface area contributed by atoms with Gasteiger partial charge in [0.2, 0.25) is 0 Å². The SMILES string of the molecule is CC/C(C)=C/C(C)(C)C(=O)OC. The van der Waals surface area contributed by atoms with Crippen LogP contribution in [0.5, 0.6) is 0 Å². The topological polar surface area (TPSA) is 26.3 Å². The minimum Gasteiger partial charge on any atom is -0.468 e. The van der Waals surface area contributed by atoms with Crippen molar-refractivity contribution in [2.24, 2.45) is 5.41 Å². The van der Waals surface area contributed by atoms with E-state index in [0.29, 0.717) is 0 Å². The van der Waals surface area contributed by atoms with Gasteiger partial charge in [0.05, 0.1) is 12.5 Å². The zero-order valence-electron chi connectivity index (χ0n) is 8.60. The minimum absolute atomic E-state index is 0.185. The van der Waals surface area contributed by atoms with Crippen LogP contribution in [0.3, 0.4) is 0 Å². The van der Waals surface area contributed by atoms with E-state index < -0.39 is 5.41 Å². The molecule has 0 saturated heterocycles. The van der Waals surface area contributed by atoms with Crippen LogP contribution < -0.4 is 0 Å². The number of methoxy groups -OCH3 is 1. The molecule has 0 aromatic heterocycles. The molecule has 0 rings (SSSR count). The first kappa shape index (κ1) is 11.2. The second-order valence-corrected chi connectivity index (χ2v) is 3.56. The average molecular weight is 170 g/mol. The smallest absolute Gasteiger partial charge is 0.315 e. The fourth-order valence-electron chi connectivity index (χ4n) is 1.04. The number of carbonyl (C=O) groups is 1. The molecule has 0 bridgehead atoms. The Morgan fingerprint density at radius 1 is 1.50 bits per heavy atom. The molecule has 0 heterocycles. The summed E-state index contributed by atoms with van der Waals surface area (Å²) in [5.41, 5.74) is 0.722. The zero-order chi connectivity index (χ0) is 9.78. The summed E-state index contributed by atoms with van der Waals surface area (Å²) in [6.07, 6.45) is 2.93. The fourth-order valence-corrected chi connectivity index (χ4v) is 1.04. The van der Waals surface area contributed by atoms with Gasteiger partial charge in [-0.2, -0.15) is 0 Å². The molecule has 2 heteroatoms. The van der Waals surface area contributed by atoms with Crippen LogP contribution in [-0.2, 0) is 9.53 Å². The second-order valence-electron chi connectivity index (χ2n) is 3.56. The maximum atomic E-state index is 11.2. The molecule has 0 N–H and O–H groups in total. The summed E-state index contributed by atoms with van der Waals surface area (Å²) >= 11 is 0. The van der Waals surface area contributed by atoms with E-state index in [2.05, 4.69) is 11.7 Å². The number of allylic oxidation sites excluding steroid dienone is 1. The predicted molar refractivity (Wildman–Crippen MR) is 49.8 cm³/mol. The second kappa shape index (κ2) is 4.29. The molecular weight excluding hydrogens is 152 g/mol. The molecule has 2 nitrogen and oxygen atoms in total. The summed E-state index contributed by atoms with van der Waals surface area (Å²) in [5.74, 6) is -0.185. The highest BCUT2D eigenvalue weighted by Gasteiger charge is 2.25. The van der Waals surface area contributed by atoms with Gasteiger partial charge in [-0.3, -0.25) is 4.79 Å². The third-order valence-corrected chi connectivity index (χ3v) is 1.88. The summed E-state index contributed by atoms with van der Waals surface area (Å²) < 4.78 is 4.68. The molecule has 0 fully saturated rings. The van der Waals surface area contributed by atoms with Crippen molar-refractivity contribution in [3.05, 3.63) is 11.6 Å². The number of ether oxygens (including phenoxy) is 1. The van der Waals surface area contributed by atoms with Crippen LogP contribution in [0.1, 0.15) is 34.1 Å². The van der Waals surface area contributed by atoms with Crippen molar-refractivity contribution in [2.45, 2.75) is 34.1 Å². The lowest BCUT2D eigenvalue weighted by molar-refractivity contribution is -0.148. The van der Waals surface area contributed by atoms with Crippen molar-refractivity contribution in [1.29, 1.82) is 0 Å². The van der Waals surface area contributed by atoms with Gasteiger partial charge < -0.3 is 4.74 Å². The number of hydrogen-bond donors (Lipinski definition) is 0. The van der Waals surface area contributed by atoms with E-state index >= 15 is 0 Å². The van der Waals surface area contributed by atoms with Gasteiger partial charge in [-0.1, -0.05) is 18.6 Å². The largest absolute Gasteiger partial charge is 0.468 e. The highest BCUT2D eigenvalue weighted by molar-refractivity contribution is 5.78. The van der Waals surface area contributed by atoms with Gasteiger partial charge in [-0.15, -0.1) is 0 Å². The number of carbonyl (C=O) groups excluding carboxylic acids is 1. The summed E-state index contributed by atoms with van der Waals surface area (Å²) in [5, 5.41) is 0. The standard InChI is InChI=1S/C10H18O2/c1-6-8(2)7-10(3,4)9(11)12-5/h7H,6H2,1-5H3/b8-7+. The van der Waals surface area contributed by atoms with E-state index in [9.17, 15) is 4.79 Å². The summed E-state index contributed by atoms with van der Waals surface area (Å²) in [6, 6.07) is 0. The van der Waals surface area contributed by atoms with Crippen LogP contribution in [0.25, 0.3) is 0 Å². The van der Waals surface area contributed by atoms with Gasteiger partial charge >= 0.3 is 5.97 Å². The van der Waals surface area contributed by atoms with Crippen LogP contribution >= 0.6 is 0 Å². The molecule has 0 aromatic carbocycles. The van der Waals surface area contributed by atoms with Gasteiger partial charge in [0.15, 0.2) is 0 Å². The summed E-state index contributed by atoms with van der Waals surface area (Å²) in [4.78, 5) is 11.2. The Morgan fingerprint density at radius 3 is 2.33 bits per heavy atom. The zero-order valence-corrected chi connectivity index (χ0v) is 8.60. The van der Waals surface area contributed by atoms with Crippen LogP contribution in [-0.4, -0.2) is 13.1 Å². The summed E-state index contributed by atoms with van der Waals surface area (Å²) in [7, 11) is 1.42. The molecule has 0 aromatic rings.